The Bertz CT molecular complexity index is 514. The number of hydrogen-bond acceptors (Lipinski definition) is 5. The van der Waals surface area contributed by atoms with Gasteiger partial charge in [0.2, 0.25) is 11.8 Å². The molecule has 1 heterocycles. The molecule has 0 saturated heterocycles. The molecule has 0 bridgehead atoms. The standard InChI is InChI=1S/C12H19N5O4/c1-3-5-13-12(19)9(2)15-11(18)4-6-16-8-10(7-14-16)17(20)21/h7-9H,3-6H2,1-2H3,(H,13,19)(H,15,18). The molecule has 1 unspecified atom stereocenters. The van der Waals surface area contributed by atoms with Crippen molar-refractivity contribution in [3.63, 3.8) is 0 Å². The van der Waals surface area contributed by atoms with Crippen LogP contribution in [-0.4, -0.2) is 39.1 Å². The molecule has 2 N–H and O–H groups in total. The van der Waals surface area contributed by atoms with E-state index >= 15 is 0 Å². The maximum absolute atomic E-state index is 11.7. The molecular formula is C12H19N5O4. The third-order valence-electron chi connectivity index (χ3n) is 2.72. The molecule has 2 amide bonds. The number of nitrogens with zero attached hydrogens (tertiary/aromatic N) is 3. The summed E-state index contributed by atoms with van der Waals surface area (Å²) in [6.45, 7) is 4.31. The van der Waals surface area contributed by atoms with Crippen molar-refractivity contribution in [2.45, 2.75) is 39.3 Å². The first-order chi connectivity index (χ1) is 9.93. The van der Waals surface area contributed by atoms with Crippen LogP contribution in [0, 0.1) is 10.1 Å². The summed E-state index contributed by atoms with van der Waals surface area (Å²) in [5, 5.41) is 19.5. The maximum Gasteiger partial charge on any atom is 0.306 e. The Labute approximate surface area is 121 Å². The van der Waals surface area contributed by atoms with Crippen LogP contribution >= 0.6 is 0 Å². The Morgan fingerprint density at radius 1 is 1.52 bits per heavy atom. The van der Waals surface area contributed by atoms with Gasteiger partial charge < -0.3 is 10.6 Å². The Morgan fingerprint density at radius 3 is 2.81 bits per heavy atom. The van der Waals surface area contributed by atoms with E-state index in [-0.39, 0.29) is 30.5 Å². The summed E-state index contributed by atoms with van der Waals surface area (Å²) >= 11 is 0. The second-order valence-corrected chi connectivity index (χ2v) is 4.55. The average Bonchev–Trinajstić information content (AvgIpc) is 2.91. The molecule has 0 aliphatic rings. The Hall–Kier alpha value is -2.45. The highest BCUT2D eigenvalue weighted by molar-refractivity contribution is 5.87. The number of aryl methyl sites for hydroxylation is 1. The van der Waals surface area contributed by atoms with Gasteiger partial charge in [0.25, 0.3) is 0 Å². The number of carbonyl (C=O) groups is 2. The molecular weight excluding hydrogens is 278 g/mol. The van der Waals surface area contributed by atoms with E-state index in [1.165, 1.54) is 10.9 Å². The summed E-state index contributed by atoms with van der Waals surface area (Å²) in [4.78, 5) is 33.2. The van der Waals surface area contributed by atoms with E-state index in [2.05, 4.69) is 15.7 Å². The fourth-order valence-electron chi connectivity index (χ4n) is 1.57. The zero-order valence-electron chi connectivity index (χ0n) is 12.0. The molecule has 0 saturated carbocycles. The summed E-state index contributed by atoms with van der Waals surface area (Å²) in [5.41, 5.74) is -0.122. The van der Waals surface area contributed by atoms with Gasteiger partial charge in [-0.3, -0.25) is 24.4 Å². The Morgan fingerprint density at radius 2 is 2.24 bits per heavy atom. The molecule has 116 valence electrons. The molecule has 0 aliphatic carbocycles. The summed E-state index contributed by atoms with van der Waals surface area (Å²) in [6.07, 6.45) is 3.29. The highest BCUT2D eigenvalue weighted by Crippen LogP contribution is 2.07. The topological polar surface area (TPSA) is 119 Å². The van der Waals surface area contributed by atoms with Crippen LogP contribution in [-0.2, 0) is 16.1 Å². The fraction of sp³-hybridized carbons (Fsp3) is 0.583. The van der Waals surface area contributed by atoms with Crippen molar-refractivity contribution in [1.29, 1.82) is 0 Å². The summed E-state index contributed by atoms with van der Waals surface area (Å²) in [7, 11) is 0. The first-order valence-corrected chi connectivity index (χ1v) is 6.68. The molecule has 0 radical (unpaired) electrons. The first-order valence-electron chi connectivity index (χ1n) is 6.68. The van der Waals surface area contributed by atoms with Crippen molar-refractivity contribution in [3.05, 3.63) is 22.5 Å². The van der Waals surface area contributed by atoms with Gasteiger partial charge >= 0.3 is 5.69 Å². The largest absolute Gasteiger partial charge is 0.354 e. The first kappa shape index (κ1) is 16.6. The Kier molecular flexibility index (Phi) is 6.31. The number of amides is 2. The van der Waals surface area contributed by atoms with Crippen molar-refractivity contribution in [3.8, 4) is 0 Å². The van der Waals surface area contributed by atoms with Gasteiger partial charge in [0, 0.05) is 19.5 Å². The van der Waals surface area contributed by atoms with Gasteiger partial charge in [0.1, 0.15) is 18.4 Å². The summed E-state index contributed by atoms with van der Waals surface area (Å²) < 4.78 is 1.32. The number of rotatable bonds is 8. The van der Waals surface area contributed by atoms with Crippen LogP contribution < -0.4 is 10.6 Å². The molecule has 1 aromatic rings. The lowest BCUT2D eigenvalue weighted by Crippen LogP contribution is -2.45. The maximum atomic E-state index is 11.7. The second-order valence-electron chi connectivity index (χ2n) is 4.55. The Balaban J connectivity index is 2.36. The number of hydrogen-bond donors (Lipinski definition) is 2. The van der Waals surface area contributed by atoms with E-state index in [0.717, 1.165) is 12.6 Å². The highest BCUT2D eigenvalue weighted by Gasteiger charge is 2.15. The van der Waals surface area contributed by atoms with Crippen molar-refractivity contribution in [1.82, 2.24) is 20.4 Å². The van der Waals surface area contributed by atoms with Gasteiger partial charge in [-0.15, -0.1) is 0 Å². The molecule has 1 atom stereocenters. The normalized spacial score (nSPS) is 11.7. The minimum atomic E-state index is -0.615. The zero-order valence-corrected chi connectivity index (χ0v) is 12.0. The van der Waals surface area contributed by atoms with Crippen LogP contribution in [0.15, 0.2) is 12.4 Å². The van der Waals surface area contributed by atoms with Crippen LogP contribution in [0.3, 0.4) is 0 Å². The van der Waals surface area contributed by atoms with Crippen molar-refractivity contribution in [2.24, 2.45) is 0 Å². The van der Waals surface area contributed by atoms with E-state index in [4.69, 9.17) is 0 Å². The van der Waals surface area contributed by atoms with Gasteiger partial charge in [0.05, 0.1) is 4.92 Å². The van der Waals surface area contributed by atoms with Gasteiger partial charge in [-0.25, -0.2) is 0 Å². The SMILES string of the molecule is CCCNC(=O)C(C)NC(=O)CCn1cc([N+](=O)[O-])cn1. The van der Waals surface area contributed by atoms with Crippen molar-refractivity contribution in [2.75, 3.05) is 6.54 Å². The van der Waals surface area contributed by atoms with Gasteiger partial charge in [-0.1, -0.05) is 6.92 Å². The fourth-order valence-corrected chi connectivity index (χ4v) is 1.57. The second kappa shape index (κ2) is 7.98. The van der Waals surface area contributed by atoms with Gasteiger partial charge in [-0.05, 0) is 13.3 Å². The van der Waals surface area contributed by atoms with Crippen LogP contribution in [0.1, 0.15) is 26.7 Å². The number of nitro groups is 1. The minimum Gasteiger partial charge on any atom is -0.354 e. The van der Waals surface area contributed by atoms with E-state index < -0.39 is 11.0 Å². The van der Waals surface area contributed by atoms with Crippen molar-refractivity contribution >= 4 is 17.5 Å². The van der Waals surface area contributed by atoms with Gasteiger partial charge in [-0.2, -0.15) is 5.10 Å². The van der Waals surface area contributed by atoms with E-state index in [9.17, 15) is 19.7 Å². The summed E-state index contributed by atoms with van der Waals surface area (Å²) in [5.74, 6) is -0.549. The number of aromatic nitrogens is 2. The lowest BCUT2D eigenvalue weighted by atomic mass is 10.3. The van der Waals surface area contributed by atoms with Gasteiger partial charge in [0.15, 0.2) is 0 Å². The zero-order chi connectivity index (χ0) is 15.8. The number of carbonyl (C=O) groups excluding carboxylic acids is 2. The molecule has 21 heavy (non-hydrogen) atoms. The van der Waals surface area contributed by atoms with E-state index in [1.807, 2.05) is 6.92 Å². The lowest BCUT2D eigenvalue weighted by Gasteiger charge is -2.13. The minimum absolute atomic E-state index is 0.0875. The number of nitrogens with one attached hydrogen (secondary N) is 2. The third-order valence-corrected chi connectivity index (χ3v) is 2.72. The molecule has 0 spiro atoms. The molecule has 0 aromatic carbocycles. The molecule has 9 heteroatoms. The van der Waals surface area contributed by atoms with Crippen LogP contribution in [0.25, 0.3) is 0 Å². The van der Waals surface area contributed by atoms with E-state index in [1.54, 1.807) is 6.92 Å². The molecule has 0 fully saturated rings. The molecule has 0 aliphatic heterocycles. The molecule has 9 nitrogen and oxygen atoms in total. The van der Waals surface area contributed by atoms with Crippen LogP contribution in [0.2, 0.25) is 0 Å². The quantitative estimate of drug-likeness (QED) is 0.525. The van der Waals surface area contributed by atoms with E-state index in [0.29, 0.717) is 6.54 Å². The predicted octanol–water partition coefficient (Wildman–Crippen LogP) is 0.212. The van der Waals surface area contributed by atoms with Crippen LogP contribution in [0.4, 0.5) is 5.69 Å². The highest BCUT2D eigenvalue weighted by atomic mass is 16.6. The smallest absolute Gasteiger partial charge is 0.306 e. The monoisotopic (exact) mass is 297 g/mol. The predicted molar refractivity (Wildman–Crippen MR) is 74.4 cm³/mol. The average molecular weight is 297 g/mol. The van der Waals surface area contributed by atoms with Crippen molar-refractivity contribution < 1.29 is 14.5 Å². The molecule has 1 aromatic heterocycles. The lowest BCUT2D eigenvalue weighted by molar-refractivity contribution is -0.385. The third kappa shape index (κ3) is 5.59. The summed E-state index contributed by atoms with van der Waals surface area (Å²) in [6, 6.07) is -0.615. The molecule has 1 rings (SSSR count). The van der Waals surface area contributed by atoms with Crippen LogP contribution in [0.5, 0.6) is 0 Å².